The van der Waals surface area contributed by atoms with Gasteiger partial charge in [0.1, 0.15) is 22.3 Å². The van der Waals surface area contributed by atoms with Crippen LogP contribution in [0.5, 0.6) is 0 Å². The first-order chi connectivity index (χ1) is 15.0. The molecule has 0 unspecified atom stereocenters. The number of hydrogen-bond donors (Lipinski definition) is 3. The minimum atomic E-state index is -0.216. The van der Waals surface area contributed by atoms with Gasteiger partial charge in [0.05, 0.1) is 5.69 Å². The lowest BCUT2D eigenvalue weighted by molar-refractivity contribution is 0.103. The molecular formula is C22H21N7OS. The molecule has 0 saturated carbocycles. The van der Waals surface area contributed by atoms with Crippen LogP contribution >= 0.6 is 11.5 Å². The summed E-state index contributed by atoms with van der Waals surface area (Å²) in [5.74, 6) is 1.81. The molecule has 31 heavy (non-hydrogen) atoms. The highest BCUT2D eigenvalue weighted by atomic mass is 32.1. The summed E-state index contributed by atoms with van der Waals surface area (Å²) >= 11 is 1.08. The number of hydrogen-bond acceptors (Lipinski definition) is 8. The number of amides is 1. The Kier molecular flexibility index (Phi) is 5.85. The topological polar surface area (TPSA) is 105 Å². The van der Waals surface area contributed by atoms with Gasteiger partial charge in [-0.05, 0) is 68.7 Å². The smallest absolute Gasteiger partial charge is 0.269 e. The highest BCUT2D eigenvalue weighted by Crippen LogP contribution is 2.22. The van der Waals surface area contributed by atoms with Crippen molar-refractivity contribution in [2.24, 2.45) is 0 Å². The second-order valence-corrected chi connectivity index (χ2v) is 7.77. The Hall–Kier alpha value is -3.85. The predicted molar refractivity (Wildman–Crippen MR) is 124 cm³/mol. The molecule has 0 bridgehead atoms. The van der Waals surface area contributed by atoms with Gasteiger partial charge in [-0.2, -0.15) is 0 Å². The first-order valence-corrected chi connectivity index (χ1v) is 10.4. The van der Waals surface area contributed by atoms with Crippen LogP contribution in [0.4, 0.5) is 28.7 Å². The molecule has 0 aliphatic heterocycles. The van der Waals surface area contributed by atoms with E-state index in [1.807, 2.05) is 61.5 Å². The molecule has 2 aromatic carbocycles. The van der Waals surface area contributed by atoms with Crippen molar-refractivity contribution < 1.29 is 4.79 Å². The molecule has 4 aromatic rings. The molecule has 8 nitrogen and oxygen atoms in total. The summed E-state index contributed by atoms with van der Waals surface area (Å²) in [5, 5.41) is 13.3. The molecule has 0 saturated heterocycles. The monoisotopic (exact) mass is 431 g/mol. The fraction of sp³-hybridized carbons (Fsp3) is 0.136. The second-order valence-electron chi connectivity index (χ2n) is 7.02. The summed E-state index contributed by atoms with van der Waals surface area (Å²) in [5.41, 5.74) is 4.30. The third-order valence-electron chi connectivity index (χ3n) is 4.43. The van der Waals surface area contributed by atoms with E-state index in [4.69, 9.17) is 0 Å². The molecule has 3 N–H and O–H groups in total. The minimum Gasteiger partial charge on any atom is -0.340 e. The van der Waals surface area contributed by atoms with Crippen LogP contribution in [-0.4, -0.2) is 25.5 Å². The van der Waals surface area contributed by atoms with E-state index in [0.717, 1.165) is 22.9 Å². The normalized spacial score (nSPS) is 10.5. The van der Waals surface area contributed by atoms with Gasteiger partial charge in [-0.15, -0.1) is 5.10 Å². The number of carbonyl (C=O) groups is 1. The van der Waals surface area contributed by atoms with E-state index in [1.54, 1.807) is 6.92 Å². The number of aromatic nitrogens is 4. The summed E-state index contributed by atoms with van der Waals surface area (Å²) in [6, 6.07) is 17.4. The molecule has 0 spiro atoms. The molecule has 0 aliphatic carbocycles. The zero-order valence-electron chi connectivity index (χ0n) is 17.3. The fourth-order valence-corrected chi connectivity index (χ4v) is 3.44. The molecule has 0 radical (unpaired) electrons. The van der Waals surface area contributed by atoms with Crippen LogP contribution in [0.1, 0.15) is 26.8 Å². The Morgan fingerprint density at radius 3 is 1.90 bits per heavy atom. The SMILES string of the molecule is Cc1ccc(Nc2cc(Nc3ccc(NC(=O)c4snnc4C)cc3)nc(C)n2)cc1. The molecular weight excluding hydrogens is 410 g/mol. The van der Waals surface area contributed by atoms with Crippen LogP contribution in [-0.2, 0) is 0 Å². The number of rotatable bonds is 6. The molecule has 0 aliphatic rings. The van der Waals surface area contributed by atoms with Crippen molar-refractivity contribution in [3.63, 3.8) is 0 Å². The minimum absolute atomic E-state index is 0.216. The number of nitrogens with one attached hydrogen (secondary N) is 3. The Labute approximate surface area is 184 Å². The van der Waals surface area contributed by atoms with Crippen molar-refractivity contribution in [2.45, 2.75) is 20.8 Å². The van der Waals surface area contributed by atoms with E-state index < -0.39 is 0 Å². The van der Waals surface area contributed by atoms with Gasteiger partial charge in [0.15, 0.2) is 0 Å². The highest BCUT2D eigenvalue weighted by Gasteiger charge is 2.13. The fourth-order valence-electron chi connectivity index (χ4n) is 2.89. The van der Waals surface area contributed by atoms with Crippen LogP contribution in [0, 0.1) is 20.8 Å². The van der Waals surface area contributed by atoms with Gasteiger partial charge in [-0.3, -0.25) is 4.79 Å². The molecule has 2 heterocycles. The van der Waals surface area contributed by atoms with Crippen molar-refractivity contribution in [3.05, 3.63) is 76.6 Å². The van der Waals surface area contributed by atoms with Crippen LogP contribution in [0.2, 0.25) is 0 Å². The van der Waals surface area contributed by atoms with Gasteiger partial charge >= 0.3 is 0 Å². The lowest BCUT2D eigenvalue weighted by Crippen LogP contribution is -2.11. The molecule has 9 heteroatoms. The first-order valence-electron chi connectivity index (χ1n) is 9.63. The average Bonchev–Trinajstić information content (AvgIpc) is 3.17. The number of nitrogens with zero attached hydrogens (tertiary/aromatic N) is 4. The molecule has 156 valence electrons. The van der Waals surface area contributed by atoms with Crippen molar-refractivity contribution in [2.75, 3.05) is 16.0 Å². The van der Waals surface area contributed by atoms with Crippen molar-refractivity contribution in [3.8, 4) is 0 Å². The molecule has 2 aromatic heterocycles. The van der Waals surface area contributed by atoms with Gasteiger partial charge in [0, 0.05) is 23.1 Å². The summed E-state index contributed by atoms with van der Waals surface area (Å²) in [6.45, 7) is 5.66. The lowest BCUT2D eigenvalue weighted by atomic mass is 10.2. The van der Waals surface area contributed by atoms with Gasteiger partial charge < -0.3 is 16.0 Å². The van der Waals surface area contributed by atoms with Gasteiger partial charge in [0.2, 0.25) is 0 Å². The Balaban J connectivity index is 1.44. The van der Waals surface area contributed by atoms with E-state index in [1.165, 1.54) is 5.56 Å². The third kappa shape index (κ3) is 5.20. The second kappa shape index (κ2) is 8.88. The molecule has 0 atom stereocenters. The van der Waals surface area contributed by atoms with E-state index in [0.29, 0.717) is 33.7 Å². The molecule has 1 amide bonds. The summed E-state index contributed by atoms with van der Waals surface area (Å²) in [7, 11) is 0. The maximum Gasteiger partial charge on any atom is 0.269 e. The number of anilines is 5. The lowest BCUT2D eigenvalue weighted by Gasteiger charge is -2.11. The van der Waals surface area contributed by atoms with Crippen molar-refractivity contribution in [1.29, 1.82) is 0 Å². The van der Waals surface area contributed by atoms with Gasteiger partial charge in [0.25, 0.3) is 5.91 Å². The van der Waals surface area contributed by atoms with Crippen molar-refractivity contribution >= 4 is 46.1 Å². The average molecular weight is 432 g/mol. The maximum atomic E-state index is 12.3. The molecule has 4 rings (SSSR count). The largest absolute Gasteiger partial charge is 0.340 e. The summed E-state index contributed by atoms with van der Waals surface area (Å²) in [6.07, 6.45) is 0. The summed E-state index contributed by atoms with van der Waals surface area (Å²) in [4.78, 5) is 21.7. The first kappa shape index (κ1) is 20.4. The third-order valence-corrected chi connectivity index (χ3v) is 5.26. The number of benzene rings is 2. The van der Waals surface area contributed by atoms with E-state index in [2.05, 4.69) is 42.4 Å². The van der Waals surface area contributed by atoms with Crippen LogP contribution in [0.25, 0.3) is 0 Å². The highest BCUT2D eigenvalue weighted by molar-refractivity contribution is 7.08. The standard InChI is InChI=1S/C22H21N7OS/c1-13-4-6-16(7-5-13)25-19-12-20(24-15(3)23-19)26-17-8-10-18(11-9-17)27-22(30)21-14(2)28-29-31-21/h4-12H,1-3H3,(H,27,30)(H2,23,24,25,26). The predicted octanol–water partition coefficient (Wildman–Crippen LogP) is 4.99. The van der Waals surface area contributed by atoms with Crippen LogP contribution in [0.15, 0.2) is 54.6 Å². The number of carbonyl (C=O) groups excluding carboxylic acids is 1. The molecule has 0 fully saturated rings. The Morgan fingerprint density at radius 2 is 1.35 bits per heavy atom. The zero-order valence-corrected chi connectivity index (χ0v) is 18.1. The Bertz CT molecular complexity index is 1200. The van der Waals surface area contributed by atoms with E-state index in [9.17, 15) is 4.79 Å². The number of aryl methyl sites for hydroxylation is 3. The van der Waals surface area contributed by atoms with E-state index >= 15 is 0 Å². The maximum absolute atomic E-state index is 12.3. The van der Waals surface area contributed by atoms with Gasteiger partial charge in [-0.25, -0.2) is 9.97 Å². The van der Waals surface area contributed by atoms with Crippen molar-refractivity contribution in [1.82, 2.24) is 19.6 Å². The van der Waals surface area contributed by atoms with E-state index in [-0.39, 0.29) is 5.91 Å². The zero-order chi connectivity index (χ0) is 21.8. The van der Waals surface area contributed by atoms with Gasteiger partial charge in [-0.1, -0.05) is 22.2 Å². The Morgan fingerprint density at radius 1 is 0.806 bits per heavy atom. The quantitative estimate of drug-likeness (QED) is 0.395. The van der Waals surface area contributed by atoms with Crippen LogP contribution in [0.3, 0.4) is 0 Å². The van der Waals surface area contributed by atoms with Crippen LogP contribution < -0.4 is 16.0 Å². The summed E-state index contributed by atoms with van der Waals surface area (Å²) < 4.78 is 3.79.